The van der Waals surface area contributed by atoms with E-state index in [1.165, 1.54) is 39.2 Å². The summed E-state index contributed by atoms with van der Waals surface area (Å²) in [5.74, 6) is 1.78. The number of rotatable bonds is 5. The Morgan fingerprint density at radius 2 is 1.51 bits per heavy atom. The second-order valence-corrected chi connectivity index (χ2v) is 14.9. The number of benzene rings is 4. The van der Waals surface area contributed by atoms with Gasteiger partial charge in [-0.1, -0.05) is 147 Å². The Morgan fingerprint density at radius 3 is 2.43 bits per heavy atom. The van der Waals surface area contributed by atoms with Gasteiger partial charge in [-0.05, 0) is 70.9 Å². The minimum atomic E-state index is -0.117. The quantitative estimate of drug-likeness (QED) is 0.195. The van der Waals surface area contributed by atoms with E-state index in [1.807, 2.05) is 0 Å². The Morgan fingerprint density at radius 1 is 0.717 bits per heavy atom. The van der Waals surface area contributed by atoms with E-state index in [1.54, 1.807) is 0 Å². The van der Waals surface area contributed by atoms with E-state index >= 15 is 0 Å². The van der Waals surface area contributed by atoms with Crippen LogP contribution in [0.4, 0.5) is 0 Å². The van der Waals surface area contributed by atoms with Gasteiger partial charge >= 0.3 is 0 Å². The van der Waals surface area contributed by atoms with Gasteiger partial charge in [0.1, 0.15) is 24.2 Å². The van der Waals surface area contributed by atoms with E-state index in [2.05, 4.69) is 192 Å². The minimum absolute atomic E-state index is 0.00640. The Balaban J connectivity index is 1.01. The molecule has 3 N–H and O–H groups in total. The molecule has 53 heavy (non-hydrogen) atoms. The number of ether oxygens (including phenoxy) is 1. The number of fused-ring (bicyclic) bond motifs is 6. The van der Waals surface area contributed by atoms with Gasteiger partial charge in [0.15, 0.2) is 0 Å². The van der Waals surface area contributed by atoms with Crippen molar-refractivity contribution in [1.82, 2.24) is 20.9 Å². The van der Waals surface area contributed by atoms with Gasteiger partial charge in [-0.15, -0.1) is 0 Å². The highest BCUT2D eigenvalue weighted by Gasteiger charge is 2.43. The van der Waals surface area contributed by atoms with Crippen molar-refractivity contribution in [3.63, 3.8) is 0 Å². The van der Waals surface area contributed by atoms with Crippen LogP contribution in [0.25, 0.3) is 16.8 Å². The fourth-order valence-electron chi connectivity index (χ4n) is 8.99. The van der Waals surface area contributed by atoms with Crippen LogP contribution in [0.3, 0.4) is 0 Å². The molecule has 0 bridgehead atoms. The predicted octanol–water partition coefficient (Wildman–Crippen LogP) is 9.89. The molecule has 5 nitrogen and oxygen atoms in total. The summed E-state index contributed by atoms with van der Waals surface area (Å²) in [4.78, 5) is 2.57. The lowest BCUT2D eigenvalue weighted by Gasteiger charge is -2.36. The molecule has 0 saturated carbocycles. The van der Waals surface area contributed by atoms with Crippen molar-refractivity contribution in [1.29, 1.82) is 0 Å². The maximum atomic E-state index is 7.06. The summed E-state index contributed by atoms with van der Waals surface area (Å²) in [6.45, 7) is 2.30. The van der Waals surface area contributed by atoms with E-state index in [9.17, 15) is 0 Å². The molecule has 6 aliphatic rings. The summed E-state index contributed by atoms with van der Waals surface area (Å²) in [5.41, 5.74) is 12.1. The molecule has 3 heterocycles. The summed E-state index contributed by atoms with van der Waals surface area (Å²) < 4.78 is 7.06. The van der Waals surface area contributed by atoms with Crippen LogP contribution < -0.4 is 20.7 Å². The molecule has 3 aliphatic carbocycles. The molecule has 0 radical (unpaired) electrons. The van der Waals surface area contributed by atoms with Gasteiger partial charge in [0.2, 0.25) is 0 Å². The normalized spacial score (nSPS) is 27.8. The van der Waals surface area contributed by atoms with Crippen LogP contribution in [0, 0.1) is 5.92 Å². The first-order chi connectivity index (χ1) is 26.2. The van der Waals surface area contributed by atoms with Crippen LogP contribution in [0.5, 0.6) is 5.75 Å². The van der Waals surface area contributed by atoms with E-state index in [0.717, 1.165) is 35.4 Å². The number of allylic oxidation sites excluding steroid dienone is 9. The van der Waals surface area contributed by atoms with Crippen molar-refractivity contribution in [3.05, 3.63) is 203 Å². The van der Waals surface area contributed by atoms with Gasteiger partial charge < -0.3 is 20.3 Å². The average molecular weight is 693 g/mol. The maximum absolute atomic E-state index is 7.06. The molecule has 4 aromatic rings. The summed E-state index contributed by atoms with van der Waals surface area (Å²) >= 11 is 0. The summed E-state index contributed by atoms with van der Waals surface area (Å²) in [6, 6.07) is 35.5. The van der Waals surface area contributed by atoms with Gasteiger partial charge in [0, 0.05) is 28.4 Å². The highest BCUT2D eigenvalue weighted by Crippen LogP contribution is 2.48. The first-order valence-electron chi connectivity index (χ1n) is 19.1. The zero-order valence-electron chi connectivity index (χ0n) is 29.9. The first kappa shape index (κ1) is 31.9. The lowest BCUT2D eigenvalue weighted by molar-refractivity contribution is 0.139. The monoisotopic (exact) mass is 692 g/mol. The van der Waals surface area contributed by atoms with E-state index in [-0.39, 0.29) is 30.5 Å². The molecule has 0 spiro atoms. The lowest BCUT2D eigenvalue weighted by Crippen LogP contribution is -2.43. The third-order valence-corrected chi connectivity index (χ3v) is 11.7. The third kappa shape index (κ3) is 5.76. The predicted molar refractivity (Wildman–Crippen MR) is 214 cm³/mol. The Bertz CT molecular complexity index is 2280. The Hall–Kier alpha value is -5.78. The number of hydrogen-bond donors (Lipinski definition) is 3. The number of hydrogen-bond acceptors (Lipinski definition) is 5. The highest BCUT2D eigenvalue weighted by atomic mass is 16.5. The molecular formula is C48H44N4O. The van der Waals surface area contributed by atoms with Crippen LogP contribution in [-0.2, 0) is 0 Å². The smallest absolute Gasteiger partial charge is 0.141 e. The lowest BCUT2D eigenvalue weighted by atomic mass is 9.83. The molecule has 0 amide bonds. The molecule has 10 rings (SSSR count). The fraction of sp³-hybridized carbons (Fsp3) is 0.208. The second-order valence-electron chi connectivity index (χ2n) is 14.9. The zero-order valence-corrected chi connectivity index (χ0v) is 29.9. The molecule has 5 heteroatoms. The molecule has 0 aromatic heterocycles. The Labute approximate surface area is 312 Å². The summed E-state index contributed by atoms with van der Waals surface area (Å²) in [7, 11) is 0. The van der Waals surface area contributed by atoms with Crippen LogP contribution in [0.15, 0.2) is 175 Å². The average Bonchev–Trinajstić information content (AvgIpc) is 3.54. The van der Waals surface area contributed by atoms with E-state index < -0.39 is 0 Å². The number of nitrogens with one attached hydrogen (secondary N) is 3. The topological polar surface area (TPSA) is 48.6 Å². The fourth-order valence-corrected chi connectivity index (χ4v) is 8.99. The van der Waals surface area contributed by atoms with Crippen molar-refractivity contribution < 1.29 is 4.74 Å². The van der Waals surface area contributed by atoms with Crippen molar-refractivity contribution in [2.75, 3.05) is 0 Å². The largest absolute Gasteiger partial charge is 0.483 e. The van der Waals surface area contributed by atoms with Gasteiger partial charge in [-0.2, -0.15) is 0 Å². The third-order valence-electron chi connectivity index (χ3n) is 11.7. The van der Waals surface area contributed by atoms with Crippen molar-refractivity contribution in [2.45, 2.75) is 56.2 Å². The first-order valence-corrected chi connectivity index (χ1v) is 19.1. The maximum Gasteiger partial charge on any atom is 0.141 e. The molecular weight excluding hydrogens is 649 g/mol. The molecule has 7 atom stereocenters. The summed E-state index contributed by atoms with van der Waals surface area (Å²) in [5, 5.41) is 11.7. The van der Waals surface area contributed by atoms with Crippen molar-refractivity contribution in [2.24, 2.45) is 5.92 Å². The van der Waals surface area contributed by atoms with Gasteiger partial charge in [0.05, 0.1) is 17.8 Å². The molecule has 262 valence electrons. The standard InChI is InChI=1S/C48H44N4O/c1-31-14-5-6-21-37(31)33-17-11-19-35(28-33)42-30-41(32-15-3-2-4-16-32)49-47(50-42)36-20-12-18-34(29-36)38-22-13-23-39-46(38)53-45-27-10-9-26-44(45)52-43-25-8-7-24-40(43)51-48(39)52/h2-7,9-24,26-31,37,42,44-45,47-51H,8,25H2,1H3. The van der Waals surface area contributed by atoms with E-state index in [0.29, 0.717) is 11.8 Å². The molecule has 0 fully saturated rings. The van der Waals surface area contributed by atoms with Crippen LogP contribution in [0.2, 0.25) is 0 Å². The molecule has 4 aromatic carbocycles. The molecule has 0 saturated heterocycles. The second kappa shape index (κ2) is 13.3. The van der Waals surface area contributed by atoms with Gasteiger partial charge in [-0.25, -0.2) is 0 Å². The minimum Gasteiger partial charge on any atom is -0.483 e. The van der Waals surface area contributed by atoms with E-state index in [4.69, 9.17) is 4.74 Å². The van der Waals surface area contributed by atoms with Crippen molar-refractivity contribution >= 4 is 5.70 Å². The van der Waals surface area contributed by atoms with Crippen LogP contribution in [0.1, 0.15) is 71.9 Å². The van der Waals surface area contributed by atoms with Crippen LogP contribution in [-0.4, -0.2) is 17.0 Å². The van der Waals surface area contributed by atoms with Crippen molar-refractivity contribution in [3.8, 4) is 16.9 Å². The van der Waals surface area contributed by atoms with Crippen LogP contribution >= 0.6 is 0 Å². The molecule has 7 unspecified atom stereocenters. The zero-order chi connectivity index (χ0) is 35.3. The Kier molecular flexibility index (Phi) is 8.02. The number of nitrogens with zero attached hydrogens (tertiary/aromatic N) is 1. The SMILES string of the molecule is CC1C=CC=CC1c1cccc(C2C=C(c3ccccc3)NC(c3cccc(-c4cccc5c4OC4C=CC=CC4N4C6=C(C=CCC6)NC54)c3)N2)c1. The van der Waals surface area contributed by atoms with Gasteiger partial charge in [0.25, 0.3) is 0 Å². The highest BCUT2D eigenvalue weighted by molar-refractivity contribution is 5.74. The molecule has 3 aliphatic heterocycles. The summed E-state index contributed by atoms with van der Waals surface area (Å²) in [6.07, 6.45) is 26.5. The number of para-hydroxylation sites is 1. The van der Waals surface area contributed by atoms with Gasteiger partial charge in [-0.3, -0.25) is 5.32 Å².